The zero-order valence-electron chi connectivity index (χ0n) is 9.30. The van der Waals surface area contributed by atoms with Crippen LogP contribution in [0.4, 0.5) is 0 Å². The lowest BCUT2D eigenvalue weighted by molar-refractivity contribution is 0.274. The van der Waals surface area contributed by atoms with Gasteiger partial charge in [-0.25, -0.2) is 0 Å². The summed E-state index contributed by atoms with van der Waals surface area (Å²) in [6.45, 7) is 12.0. The Morgan fingerprint density at radius 3 is 1.67 bits per heavy atom. The summed E-state index contributed by atoms with van der Waals surface area (Å²) in [6.07, 6.45) is 2.95. The van der Waals surface area contributed by atoms with E-state index in [1.54, 1.807) is 0 Å². The summed E-state index contributed by atoms with van der Waals surface area (Å²) in [7, 11) is 0. The molecule has 0 bridgehead atoms. The third kappa shape index (κ3) is 2.02. The second kappa shape index (κ2) is 3.81. The molecule has 0 amide bonds. The second-order valence-corrected chi connectivity index (χ2v) is 5.29. The molecule has 1 aliphatic carbocycles. The molecule has 0 heteroatoms. The van der Waals surface area contributed by atoms with Gasteiger partial charge in [0.05, 0.1) is 0 Å². The number of rotatable bonds is 2. The highest BCUT2D eigenvalue weighted by Crippen LogP contribution is 2.41. The topological polar surface area (TPSA) is 0 Å². The van der Waals surface area contributed by atoms with Gasteiger partial charge in [-0.3, -0.25) is 0 Å². The number of hydrogen-bond acceptors (Lipinski definition) is 0. The monoisotopic (exact) mass is 168 g/mol. The van der Waals surface area contributed by atoms with Crippen molar-refractivity contribution in [1.29, 1.82) is 0 Å². The molecule has 0 aliphatic heterocycles. The summed E-state index contributed by atoms with van der Waals surface area (Å²) in [5.74, 6) is 4.74. The first kappa shape index (κ1) is 10.1. The van der Waals surface area contributed by atoms with Crippen LogP contribution in [0.5, 0.6) is 0 Å². The van der Waals surface area contributed by atoms with E-state index in [1.165, 1.54) is 12.8 Å². The fraction of sp³-hybridized carbons (Fsp3) is 1.00. The van der Waals surface area contributed by atoms with Crippen molar-refractivity contribution >= 4 is 0 Å². The van der Waals surface area contributed by atoms with Crippen LogP contribution in [0.2, 0.25) is 0 Å². The van der Waals surface area contributed by atoms with Gasteiger partial charge in [-0.05, 0) is 42.4 Å². The van der Waals surface area contributed by atoms with Crippen LogP contribution in [0.3, 0.4) is 0 Å². The summed E-state index contributed by atoms with van der Waals surface area (Å²) < 4.78 is 0. The van der Waals surface area contributed by atoms with Crippen molar-refractivity contribution in [3.8, 4) is 0 Å². The van der Waals surface area contributed by atoms with Crippen LogP contribution in [-0.4, -0.2) is 0 Å². The maximum absolute atomic E-state index is 2.43. The van der Waals surface area contributed by atoms with E-state index in [2.05, 4.69) is 34.6 Å². The normalized spacial score (nSPS) is 39.0. The van der Waals surface area contributed by atoms with Crippen LogP contribution in [0, 0.1) is 29.6 Å². The average molecular weight is 168 g/mol. The highest BCUT2D eigenvalue weighted by molar-refractivity contribution is 4.82. The van der Waals surface area contributed by atoms with Gasteiger partial charge in [-0.2, -0.15) is 0 Å². The van der Waals surface area contributed by atoms with Crippen LogP contribution in [0.25, 0.3) is 0 Å². The maximum Gasteiger partial charge on any atom is -0.0381 e. The zero-order chi connectivity index (χ0) is 9.30. The molecule has 1 fully saturated rings. The van der Waals surface area contributed by atoms with E-state index in [-0.39, 0.29) is 0 Å². The van der Waals surface area contributed by atoms with Crippen molar-refractivity contribution in [3.63, 3.8) is 0 Å². The van der Waals surface area contributed by atoms with E-state index < -0.39 is 0 Å². The smallest absolute Gasteiger partial charge is 0.0381 e. The van der Waals surface area contributed by atoms with Gasteiger partial charge < -0.3 is 0 Å². The van der Waals surface area contributed by atoms with Crippen LogP contribution in [0.15, 0.2) is 0 Å². The van der Waals surface area contributed by atoms with Gasteiger partial charge in [0.2, 0.25) is 0 Å². The first-order valence-corrected chi connectivity index (χ1v) is 5.52. The Kier molecular flexibility index (Phi) is 3.20. The highest BCUT2D eigenvalue weighted by Gasteiger charge is 2.32. The van der Waals surface area contributed by atoms with Gasteiger partial charge in [0.15, 0.2) is 0 Å². The van der Waals surface area contributed by atoms with Crippen molar-refractivity contribution in [2.75, 3.05) is 0 Å². The van der Waals surface area contributed by atoms with E-state index in [1.807, 2.05) is 0 Å². The van der Waals surface area contributed by atoms with Gasteiger partial charge in [0.25, 0.3) is 0 Å². The molecular formula is C12H24. The predicted molar refractivity (Wildman–Crippen MR) is 55.1 cm³/mol. The molecule has 0 aromatic rings. The molecule has 1 saturated carbocycles. The van der Waals surface area contributed by atoms with E-state index in [0.717, 1.165) is 29.6 Å². The van der Waals surface area contributed by atoms with Crippen LogP contribution in [-0.2, 0) is 0 Å². The molecule has 72 valence electrons. The molecule has 0 nitrogen and oxygen atoms in total. The molecule has 3 atom stereocenters. The van der Waals surface area contributed by atoms with Gasteiger partial charge in [-0.1, -0.05) is 34.6 Å². The standard InChI is InChI=1S/C12H24/c1-8(2)11(5)12-6-9(3)10(4)7-12/h8-12H,6-7H2,1-5H3. The van der Waals surface area contributed by atoms with Gasteiger partial charge in [0.1, 0.15) is 0 Å². The third-order valence-electron chi connectivity index (χ3n) is 4.12. The molecule has 0 N–H and O–H groups in total. The first-order valence-electron chi connectivity index (χ1n) is 5.52. The highest BCUT2D eigenvalue weighted by atomic mass is 14.4. The predicted octanol–water partition coefficient (Wildman–Crippen LogP) is 3.96. The maximum atomic E-state index is 2.43. The minimum atomic E-state index is 0.868. The zero-order valence-corrected chi connectivity index (χ0v) is 9.30. The molecule has 0 aromatic carbocycles. The Morgan fingerprint density at radius 2 is 1.33 bits per heavy atom. The summed E-state index contributed by atoms with van der Waals surface area (Å²) in [4.78, 5) is 0. The first-order chi connectivity index (χ1) is 5.52. The average Bonchev–Trinajstić information content (AvgIpc) is 2.30. The van der Waals surface area contributed by atoms with Crippen LogP contribution < -0.4 is 0 Å². The third-order valence-corrected chi connectivity index (χ3v) is 4.12. The van der Waals surface area contributed by atoms with E-state index in [4.69, 9.17) is 0 Å². The van der Waals surface area contributed by atoms with Gasteiger partial charge in [0, 0.05) is 0 Å². The summed E-state index contributed by atoms with van der Waals surface area (Å²) in [5, 5.41) is 0. The van der Waals surface area contributed by atoms with E-state index >= 15 is 0 Å². The van der Waals surface area contributed by atoms with E-state index in [0.29, 0.717) is 0 Å². The molecule has 1 rings (SSSR count). The molecule has 0 saturated heterocycles. The Labute approximate surface area is 77.7 Å². The minimum absolute atomic E-state index is 0.868. The van der Waals surface area contributed by atoms with Gasteiger partial charge in [-0.15, -0.1) is 0 Å². The quantitative estimate of drug-likeness (QED) is 0.585. The second-order valence-electron chi connectivity index (χ2n) is 5.29. The van der Waals surface area contributed by atoms with Crippen LogP contribution in [0.1, 0.15) is 47.5 Å². The summed E-state index contributed by atoms with van der Waals surface area (Å²) in [5.41, 5.74) is 0. The Hall–Kier alpha value is 0. The van der Waals surface area contributed by atoms with Crippen molar-refractivity contribution in [2.24, 2.45) is 29.6 Å². The summed E-state index contributed by atoms with van der Waals surface area (Å²) >= 11 is 0. The van der Waals surface area contributed by atoms with Crippen molar-refractivity contribution in [1.82, 2.24) is 0 Å². The molecule has 3 unspecified atom stereocenters. The van der Waals surface area contributed by atoms with Crippen LogP contribution >= 0.6 is 0 Å². The van der Waals surface area contributed by atoms with Gasteiger partial charge >= 0.3 is 0 Å². The number of hydrogen-bond donors (Lipinski definition) is 0. The van der Waals surface area contributed by atoms with Crippen molar-refractivity contribution in [2.45, 2.75) is 47.5 Å². The molecule has 0 spiro atoms. The molecule has 0 aromatic heterocycles. The molecular weight excluding hydrogens is 144 g/mol. The van der Waals surface area contributed by atoms with Crippen molar-refractivity contribution in [3.05, 3.63) is 0 Å². The molecule has 0 radical (unpaired) electrons. The minimum Gasteiger partial charge on any atom is -0.0625 e. The lowest BCUT2D eigenvalue weighted by atomic mass is 9.83. The SMILES string of the molecule is CC(C)C(C)C1CC(C)C(C)C1. The lowest BCUT2D eigenvalue weighted by Crippen LogP contribution is -2.14. The fourth-order valence-electron chi connectivity index (χ4n) is 2.49. The lowest BCUT2D eigenvalue weighted by Gasteiger charge is -2.22. The molecule has 0 heterocycles. The molecule has 12 heavy (non-hydrogen) atoms. The fourth-order valence-corrected chi connectivity index (χ4v) is 2.49. The Balaban J connectivity index is 2.45. The Morgan fingerprint density at radius 1 is 0.917 bits per heavy atom. The Bertz CT molecular complexity index is 127. The summed E-state index contributed by atoms with van der Waals surface area (Å²) in [6, 6.07) is 0. The largest absolute Gasteiger partial charge is 0.0625 e. The van der Waals surface area contributed by atoms with E-state index in [9.17, 15) is 0 Å². The molecule has 1 aliphatic rings. The van der Waals surface area contributed by atoms with Crippen molar-refractivity contribution < 1.29 is 0 Å².